The zero-order valence-corrected chi connectivity index (χ0v) is 14.3. The molecule has 0 unspecified atom stereocenters. The lowest BCUT2D eigenvalue weighted by Crippen LogP contribution is -2.12. The molecule has 0 saturated carbocycles. The average molecular weight is 381 g/mol. The van der Waals surface area contributed by atoms with E-state index >= 15 is 0 Å². The van der Waals surface area contributed by atoms with Crippen LogP contribution in [0.3, 0.4) is 0 Å². The molecule has 0 radical (unpaired) electrons. The van der Waals surface area contributed by atoms with Gasteiger partial charge in [-0.1, -0.05) is 6.07 Å². The molecule has 6 nitrogen and oxygen atoms in total. The van der Waals surface area contributed by atoms with Crippen LogP contribution in [0.25, 0.3) is 0 Å². The van der Waals surface area contributed by atoms with E-state index in [9.17, 15) is 18.4 Å². The van der Waals surface area contributed by atoms with Gasteiger partial charge in [-0.2, -0.15) is 4.39 Å². The summed E-state index contributed by atoms with van der Waals surface area (Å²) >= 11 is 0. The molecule has 2 aromatic carbocycles. The van der Waals surface area contributed by atoms with Gasteiger partial charge >= 0.3 is 0 Å². The standard InChI is InChI=1S/C20H13F2N3O3/c21-15-2-1-3-16(18(15)22)28-17-7-5-13(10-23-17)25-19(26)11-4-6-14-12(8-11)9-24-20(14)27/h1-8,10H,9H2,(H,24,27)(H,25,26). The molecule has 2 N–H and O–H groups in total. The molecule has 0 saturated heterocycles. The number of rotatable bonds is 4. The predicted molar refractivity (Wildman–Crippen MR) is 96.2 cm³/mol. The lowest BCUT2D eigenvalue weighted by Gasteiger charge is -2.08. The van der Waals surface area contributed by atoms with Crippen molar-refractivity contribution in [1.29, 1.82) is 0 Å². The third-order valence-corrected chi connectivity index (χ3v) is 4.18. The van der Waals surface area contributed by atoms with Crippen LogP contribution in [0.4, 0.5) is 14.5 Å². The van der Waals surface area contributed by atoms with Crippen molar-refractivity contribution in [3.8, 4) is 11.6 Å². The SMILES string of the molecule is O=C(Nc1ccc(Oc2cccc(F)c2F)nc1)c1ccc2c(c1)CNC2=O. The zero-order chi connectivity index (χ0) is 19.7. The highest BCUT2D eigenvalue weighted by Gasteiger charge is 2.20. The lowest BCUT2D eigenvalue weighted by molar-refractivity contribution is 0.0964. The molecule has 2 amide bonds. The van der Waals surface area contributed by atoms with Gasteiger partial charge in [-0.3, -0.25) is 9.59 Å². The highest BCUT2D eigenvalue weighted by molar-refractivity contribution is 6.06. The number of pyridine rings is 1. The van der Waals surface area contributed by atoms with Crippen LogP contribution in [-0.4, -0.2) is 16.8 Å². The van der Waals surface area contributed by atoms with E-state index in [4.69, 9.17) is 4.74 Å². The van der Waals surface area contributed by atoms with Crippen LogP contribution >= 0.6 is 0 Å². The molecule has 0 aliphatic carbocycles. The summed E-state index contributed by atoms with van der Waals surface area (Å²) in [5, 5.41) is 5.37. The van der Waals surface area contributed by atoms with Crippen LogP contribution in [0.1, 0.15) is 26.3 Å². The lowest BCUT2D eigenvalue weighted by atomic mass is 10.1. The van der Waals surface area contributed by atoms with Crippen molar-refractivity contribution in [3.05, 3.63) is 83.1 Å². The molecule has 0 spiro atoms. The van der Waals surface area contributed by atoms with Crippen LogP contribution in [0, 0.1) is 11.6 Å². The van der Waals surface area contributed by atoms with Crippen LogP contribution in [-0.2, 0) is 6.54 Å². The molecule has 28 heavy (non-hydrogen) atoms. The van der Waals surface area contributed by atoms with E-state index in [1.165, 1.54) is 30.5 Å². The first-order valence-electron chi connectivity index (χ1n) is 8.31. The maximum atomic E-state index is 13.6. The van der Waals surface area contributed by atoms with Gasteiger partial charge in [0.1, 0.15) is 0 Å². The molecule has 0 bridgehead atoms. The molecule has 8 heteroatoms. The summed E-state index contributed by atoms with van der Waals surface area (Å²) < 4.78 is 32.1. The highest BCUT2D eigenvalue weighted by atomic mass is 19.2. The van der Waals surface area contributed by atoms with Gasteiger partial charge in [0.15, 0.2) is 11.6 Å². The first-order valence-corrected chi connectivity index (χ1v) is 8.31. The van der Waals surface area contributed by atoms with Gasteiger partial charge in [0.05, 0.1) is 11.9 Å². The number of carbonyl (C=O) groups is 2. The van der Waals surface area contributed by atoms with E-state index in [2.05, 4.69) is 15.6 Å². The minimum absolute atomic E-state index is 0.0459. The summed E-state index contributed by atoms with van der Waals surface area (Å²) in [4.78, 5) is 27.9. The molecule has 1 aliphatic rings. The largest absolute Gasteiger partial charge is 0.436 e. The molecular formula is C20H13F2N3O3. The zero-order valence-electron chi connectivity index (χ0n) is 14.3. The molecule has 1 aromatic heterocycles. The summed E-state index contributed by atoms with van der Waals surface area (Å²) in [6.45, 7) is 0.388. The number of halogens is 2. The summed E-state index contributed by atoms with van der Waals surface area (Å²) in [5.74, 6) is -2.89. The van der Waals surface area contributed by atoms with Gasteiger partial charge < -0.3 is 15.4 Å². The Balaban J connectivity index is 1.45. The monoisotopic (exact) mass is 381 g/mol. The Hall–Kier alpha value is -3.81. The fraction of sp³-hybridized carbons (Fsp3) is 0.0500. The smallest absolute Gasteiger partial charge is 0.255 e. The fourth-order valence-electron chi connectivity index (χ4n) is 2.77. The van der Waals surface area contributed by atoms with Gasteiger partial charge in [-0.05, 0) is 42.0 Å². The Morgan fingerprint density at radius 1 is 1.14 bits per heavy atom. The Kier molecular flexibility index (Phi) is 4.44. The summed E-state index contributed by atoms with van der Waals surface area (Å²) in [5.41, 5.74) is 2.12. The number of benzene rings is 2. The molecule has 4 rings (SSSR count). The number of nitrogens with one attached hydrogen (secondary N) is 2. The van der Waals surface area contributed by atoms with Crippen molar-refractivity contribution < 1.29 is 23.1 Å². The molecule has 0 fully saturated rings. The number of ether oxygens (including phenoxy) is 1. The van der Waals surface area contributed by atoms with Crippen LogP contribution in [0.15, 0.2) is 54.7 Å². The second-order valence-corrected chi connectivity index (χ2v) is 6.05. The van der Waals surface area contributed by atoms with Crippen molar-refractivity contribution in [2.45, 2.75) is 6.54 Å². The Bertz CT molecular complexity index is 1080. The Labute approximate surface area is 158 Å². The van der Waals surface area contributed by atoms with Crippen molar-refractivity contribution >= 4 is 17.5 Å². The third-order valence-electron chi connectivity index (χ3n) is 4.18. The molecule has 140 valence electrons. The van der Waals surface area contributed by atoms with Crippen molar-refractivity contribution in [1.82, 2.24) is 10.3 Å². The van der Waals surface area contributed by atoms with E-state index in [1.54, 1.807) is 18.2 Å². The maximum absolute atomic E-state index is 13.6. The number of hydrogen-bond donors (Lipinski definition) is 2. The third kappa shape index (κ3) is 3.39. The van der Waals surface area contributed by atoms with Crippen LogP contribution < -0.4 is 15.4 Å². The van der Waals surface area contributed by atoms with Gasteiger partial charge in [0.2, 0.25) is 11.7 Å². The second kappa shape index (κ2) is 7.07. The molecule has 1 aliphatic heterocycles. The summed E-state index contributed by atoms with van der Waals surface area (Å²) in [7, 11) is 0. The number of hydrogen-bond acceptors (Lipinski definition) is 4. The van der Waals surface area contributed by atoms with Gasteiger partial charge in [-0.25, -0.2) is 9.37 Å². The first-order chi connectivity index (χ1) is 13.5. The van der Waals surface area contributed by atoms with Crippen LogP contribution in [0.5, 0.6) is 11.6 Å². The number of fused-ring (bicyclic) bond motifs is 1. The minimum Gasteiger partial charge on any atom is -0.436 e. The molecule has 0 atom stereocenters. The highest BCUT2D eigenvalue weighted by Crippen LogP contribution is 2.25. The number of carbonyl (C=O) groups excluding carboxylic acids is 2. The van der Waals surface area contributed by atoms with Crippen molar-refractivity contribution in [3.63, 3.8) is 0 Å². The molecule has 2 heterocycles. The normalized spacial score (nSPS) is 12.3. The topological polar surface area (TPSA) is 80.3 Å². The van der Waals surface area contributed by atoms with E-state index in [0.29, 0.717) is 23.4 Å². The van der Waals surface area contributed by atoms with E-state index in [0.717, 1.165) is 11.6 Å². The van der Waals surface area contributed by atoms with Crippen molar-refractivity contribution in [2.24, 2.45) is 0 Å². The summed E-state index contributed by atoms with van der Waals surface area (Å²) in [6.07, 6.45) is 1.34. The van der Waals surface area contributed by atoms with Gasteiger partial charge in [0.25, 0.3) is 11.8 Å². The molecular weight excluding hydrogens is 368 g/mol. The van der Waals surface area contributed by atoms with Crippen molar-refractivity contribution in [2.75, 3.05) is 5.32 Å². The van der Waals surface area contributed by atoms with Crippen LogP contribution in [0.2, 0.25) is 0 Å². The fourth-order valence-corrected chi connectivity index (χ4v) is 2.77. The number of aromatic nitrogens is 1. The van der Waals surface area contributed by atoms with E-state index in [1.807, 2.05) is 0 Å². The first kappa shape index (κ1) is 17.6. The predicted octanol–water partition coefficient (Wildman–Crippen LogP) is 3.65. The summed E-state index contributed by atoms with van der Waals surface area (Å²) in [6, 6.07) is 11.4. The van der Waals surface area contributed by atoms with Gasteiger partial charge in [0, 0.05) is 23.7 Å². The number of anilines is 1. The van der Waals surface area contributed by atoms with E-state index < -0.39 is 11.6 Å². The quantitative estimate of drug-likeness (QED) is 0.723. The Morgan fingerprint density at radius 3 is 2.79 bits per heavy atom. The molecule has 3 aromatic rings. The number of nitrogens with zero attached hydrogens (tertiary/aromatic N) is 1. The minimum atomic E-state index is -1.11. The van der Waals surface area contributed by atoms with E-state index in [-0.39, 0.29) is 23.4 Å². The second-order valence-electron chi connectivity index (χ2n) is 6.05. The average Bonchev–Trinajstić information content (AvgIpc) is 3.07. The Morgan fingerprint density at radius 2 is 2.00 bits per heavy atom. The number of amides is 2. The van der Waals surface area contributed by atoms with Gasteiger partial charge in [-0.15, -0.1) is 0 Å². The maximum Gasteiger partial charge on any atom is 0.255 e.